The molecule has 0 aliphatic rings. The van der Waals surface area contributed by atoms with Crippen LogP contribution in [0.4, 0.5) is 5.13 Å². The molecule has 0 saturated carbocycles. The van der Waals surface area contributed by atoms with E-state index >= 15 is 0 Å². The molecule has 0 aromatic carbocycles. The van der Waals surface area contributed by atoms with E-state index in [0.717, 1.165) is 11.3 Å². The van der Waals surface area contributed by atoms with Gasteiger partial charge in [-0.25, -0.2) is 18.5 Å². The smallest absolute Gasteiger partial charge is 0.260 e. The summed E-state index contributed by atoms with van der Waals surface area (Å²) in [5, 5.41) is 11.8. The zero-order valence-electron chi connectivity index (χ0n) is 11.0. The number of anilines is 1. The second-order valence-electron chi connectivity index (χ2n) is 4.19. The third kappa shape index (κ3) is 2.86. The number of aromatic nitrogens is 3. The Morgan fingerprint density at radius 1 is 1.40 bits per heavy atom. The van der Waals surface area contributed by atoms with Crippen LogP contribution in [0.15, 0.2) is 10.4 Å². The van der Waals surface area contributed by atoms with Crippen molar-refractivity contribution in [2.45, 2.75) is 18.1 Å². The van der Waals surface area contributed by atoms with Crippen molar-refractivity contribution in [3.63, 3.8) is 0 Å². The summed E-state index contributed by atoms with van der Waals surface area (Å²) in [6, 6.07) is 0. The topological polar surface area (TPSA) is 120 Å². The Morgan fingerprint density at radius 3 is 2.50 bits per heavy atom. The highest BCUT2D eigenvalue weighted by atomic mass is 32.2. The van der Waals surface area contributed by atoms with E-state index in [4.69, 9.17) is 5.14 Å². The number of thiazole rings is 1. The lowest BCUT2D eigenvalue weighted by atomic mass is 10.2. The van der Waals surface area contributed by atoms with Crippen LogP contribution in [0.5, 0.6) is 0 Å². The highest BCUT2D eigenvalue weighted by Crippen LogP contribution is 2.26. The Bertz CT molecular complexity index is 775. The van der Waals surface area contributed by atoms with Crippen LogP contribution in [0.3, 0.4) is 0 Å². The van der Waals surface area contributed by atoms with E-state index in [1.165, 1.54) is 11.6 Å². The van der Waals surface area contributed by atoms with Crippen molar-refractivity contribution in [3.8, 4) is 0 Å². The van der Waals surface area contributed by atoms with Gasteiger partial charge in [0.05, 0.1) is 17.0 Å². The van der Waals surface area contributed by atoms with Crippen LogP contribution in [0.2, 0.25) is 0 Å². The normalized spacial score (nSPS) is 11.6. The molecule has 108 valence electrons. The maximum atomic E-state index is 12.0. The van der Waals surface area contributed by atoms with Crippen LogP contribution in [-0.2, 0) is 17.1 Å². The number of carbonyl (C=O) groups is 1. The molecular weight excluding hydrogens is 302 g/mol. The van der Waals surface area contributed by atoms with Gasteiger partial charge in [0, 0.05) is 13.2 Å². The summed E-state index contributed by atoms with van der Waals surface area (Å²) in [4.78, 5) is 16.0. The maximum Gasteiger partial charge on any atom is 0.260 e. The van der Waals surface area contributed by atoms with Gasteiger partial charge in [-0.15, -0.1) is 0 Å². The fraction of sp³-hybridized carbons (Fsp3) is 0.300. The number of aryl methyl sites for hydroxylation is 3. The predicted molar refractivity (Wildman–Crippen MR) is 74.1 cm³/mol. The van der Waals surface area contributed by atoms with Crippen molar-refractivity contribution in [1.82, 2.24) is 14.8 Å². The quantitative estimate of drug-likeness (QED) is 0.849. The highest BCUT2D eigenvalue weighted by molar-refractivity contribution is 7.91. The Morgan fingerprint density at radius 2 is 2.05 bits per heavy atom. The van der Waals surface area contributed by atoms with E-state index < -0.39 is 15.9 Å². The van der Waals surface area contributed by atoms with E-state index in [1.807, 2.05) is 0 Å². The molecule has 2 aromatic heterocycles. The van der Waals surface area contributed by atoms with E-state index in [9.17, 15) is 13.2 Å². The van der Waals surface area contributed by atoms with Crippen LogP contribution in [0.1, 0.15) is 21.7 Å². The van der Waals surface area contributed by atoms with E-state index in [2.05, 4.69) is 15.4 Å². The number of amides is 1. The molecule has 0 radical (unpaired) electrons. The van der Waals surface area contributed by atoms with Gasteiger partial charge < -0.3 is 0 Å². The number of hydrogen-bond acceptors (Lipinski definition) is 6. The van der Waals surface area contributed by atoms with Gasteiger partial charge in [-0.1, -0.05) is 11.3 Å². The van der Waals surface area contributed by atoms with Crippen LogP contribution in [0, 0.1) is 13.8 Å². The summed E-state index contributed by atoms with van der Waals surface area (Å²) in [6.07, 6.45) is 1.58. The molecule has 2 aromatic rings. The van der Waals surface area contributed by atoms with Gasteiger partial charge in [0.25, 0.3) is 5.91 Å². The summed E-state index contributed by atoms with van der Waals surface area (Å²) >= 11 is 0.819. The molecule has 0 unspecified atom stereocenters. The Labute approximate surface area is 119 Å². The molecule has 0 bridgehead atoms. The van der Waals surface area contributed by atoms with Crippen LogP contribution in [-0.4, -0.2) is 29.1 Å². The number of nitrogens with one attached hydrogen (secondary N) is 1. The van der Waals surface area contributed by atoms with Crippen LogP contribution < -0.4 is 10.5 Å². The summed E-state index contributed by atoms with van der Waals surface area (Å²) in [6.45, 7) is 3.22. The molecule has 0 saturated heterocycles. The first kappa shape index (κ1) is 14.6. The molecule has 3 N–H and O–H groups in total. The van der Waals surface area contributed by atoms with Gasteiger partial charge in [0.1, 0.15) is 0 Å². The molecule has 0 spiro atoms. The molecule has 0 fully saturated rings. The summed E-state index contributed by atoms with van der Waals surface area (Å²) in [5.41, 5.74) is 1.23. The third-order valence-electron chi connectivity index (χ3n) is 2.49. The lowest BCUT2D eigenvalue weighted by molar-refractivity contribution is 0.102. The molecule has 8 nitrogen and oxygen atoms in total. The average Bonchev–Trinajstić information content (AvgIpc) is 2.81. The van der Waals surface area contributed by atoms with Crippen molar-refractivity contribution in [2.75, 3.05) is 5.32 Å². The first-order valence-electron chi connectivity index (χ1n) is 5.50. The van der Waals surface area contributed by atoms with Gasteiger partial charge in [0.15, 0.2) is 9.34 Å². The number of nitrogens with two attached hydrogens (primary N) is 1. The lowest BCUT2D eigenvalue weighted by Crippen LogP contribution is -2.12. The lowest BCUT2D eigenvalue weighted by Gasteiger charge is -1.98. The van der Waals surface area contributed by atoms with E-state index in [-0.39, 0.29) is 15.0 Å². The van der Waals surface area contributed by atoms with Crippen LogP contribution in [0.25, 0.3) is 0 Å². The second-order valence-corrected chi connectivity index (χ2v) is 6.95. The molecule has 1 amide bonds. The summed E-state index contributed by atoms with van der Waals surface area (Å²) < 4.78 is 24.1. The number of primary sulfonamides is 1. The fourth-order valence-electron chi connectivity index (χ4n) is 1.69. The third-order valence-corrected chi connectivity index (χ3v) is 5.12. The van der Waals surface area contributed by atoms with Crippen LogP contribution >= 0.6 is 11.3 Å². The molecule has 2 heterocycles. The SMILES string of the molecule is Cc1nn(C)cc1C(=O)Nc1nc(C)c(S(N)(=O)=O)s1. The molecule has 2 rings (SSSR count). The average molecular weight is 315 g/mol. The minimum absolute atomic E-state index is 0.0595. The Hall–Kier alpha value is -1.78. The highest BCUT2D eigenvalue weighted by Gasteiger charge is 2.20. The van der Waals surface area contributed by atoms with Gasteiger partial charge in [-0.2, -0.15) is 5.10 Å². The van der Waals surface area contributed by atoms with Gasteiger partial charge in [-0.05, 0) is 13.8 Å². The first-order valence-corrected chi connectivity index (χ1v) is 7.86. The Kier molecular flexibility index (Phi) is 3.63. The number of carbonyl (C=O) groups excluding carboxylic acids is 1. The number of sulfonamides is 1. The van der Waals surface area contributed by atoms with E-state index in [0.29, 0.717) is 11.3 Å². The van der Waals surface area contributed by atoms with Gasteiger partial charge in [-0.3, -0.25) is 14.8 Å². The van der Waals surface area contributed by atoms with Gasteiger partial charge >= 0.3 is 0 Å². The zero-order valence-corrected chi connectivity index (χ0v) is 12.7. The van der Waals surface area contributed by atoms with Crippen molar-refractivity contribution in [2.24, 2.45) is 12.2 Å². The predicted octanol–water partition coefficient (Wildman–Crippen LogP) is 0.393. The monoisotopic (exact) mass is 315 g/mol. The minimum atomic E-state index is -3.83. The molecule has 0 aliphatic heterocycles. The zero-order chi connectivity index (χ0) is 15.1. The molecule has 10 heteroatoms. The van der Waals surface area contributed by atoms with Crippen molar-refractivity contribution in [1.29, 1.82) is 0 Å². The van der Waals surface area contributed by atoms with Crippen molar-refractivity contribution < 1.29 is 13.2 Å². The minimum Gasteiger partial charge on any atom is -0.298 e. The number of nitrogens with zero attached hydrogens (tertiary/aromatic N) is 3. The largest absolute Gasteiger partial charge is 0.298 e. The maximum absolute atomic E-state index is 12.0. The number of hydrogen-bond donors (Lipinski definition) is 2. The first-order chi connectivity index (χ1) is 9.18. The Balaban J connectivity index is 2.27. The second kappa shape index (κ2) is 4.96. The summed E-state index contributed by atoms with van der Waals surface area (Å²) in [7, 11) is -2.12. The molecular formula is C10H13N5O3S2. The molecule has 0 aliphatic carbocycles. The summed E-state index contributed by atoms with van der Waals surface area (Å²) in [5.74, 6) is -0.398. The number of rotatable bonds is 3. The molecule has 0 atom stereocenters. The molecule has 20 heavy (non-hydrogen) atoms. The van der Waals surface area contributed by atoms with Crippen molar-refractivity contribution in [3.05, 3.63) is 23.1 Å². The van der Waals surface area contributed by atoms with Crippen molar-refractivity contribution >= 4 is 32.4 Å². The van der Waals surface area contributed by atoms with E-state index in [1.54, 1.807) is 20.2 Å². The fourth-order valence-corrected chi connectivity index (χ4v) is 3.54. The standard InChI is InChI=1S/C10H13N5O3S2/c1-5-7(4-15(3)14-5)8(16)13-10-12-6(2)9(19-10)20(11,17)18/h4H,1-3H3,(H2,11,17,18)(H,12,13,16). The van der Waals surface area contributed by atoms with Gasteiger partial charge in [0.2, 0.25) is 10.0 Å².